The van der Waals surface area contributed by atoms with Gasteiger partial charge in [0.1, 0.15) is 5.75 Å². The topological polar surface area (TPSA) is 81.4 Å². The predicted molar refractivity (Wildman–Crippen MR) is 150 cm³/mol. The third kappa shape index (κ3) is 6.65. The van der Waals surface area contributed by atoms with Crippen molar-refractivity contribution < 1.29 is 9.53 Å². The summed E-state index contributed by atoms with van der Waals surface area (Å²) in [6.45, 7) is 8.59. The number of hydrogen-bond donors (Lipinski definition) is 1. The number of thioether (sulfide) groups is 1. The van der Waals surface area contributed by atoms with Gasteiger partial charge in [-0.2, -0.15) is 5.10 Å². The van der Waals surface area contributed by atoms with Gasteiger partial charge in [0, 0.05) is 11.3 Å². The monoisotopic (exact) mass is 513 g/mol. The van der Waals surface area contributed by atoms with Crippen LogP contribution in [-0.2, 0) is 10.2 Å². The van der Waals surface area contributed by atoms with Crippen LogP contribution in [-0.4, -0.2) is 39.7 Å². The Bertz CT molecular complexity index is 1370. The highest BCUT2D eigenvalue weighted by atomic mass is 32.2. The maximum absolute atomic E-state index is 12.5. The Morgan fingerprint density at radius 2 is 1.68 bits per heavy atom. The number of benzene rings is 3. The minimum Gasteiger partial charge on any atom is -0.497 e. The molecule has 0 fully saturated rings. The van der Waals surface area contributed by atoms with Crippen LogP contribution in [0.15, 0.2) is 83.1 Å². The molecule has 37 heavy (non-hydrogen) atoms. The van der Waals surface area contributed by atoms with Crippen LogP contribution in [0.25, 0.3) is 17.1 Å². The molecule has 0 saturated heterocycles. The van der Waals surface area contributed by atoms with Crippen molar-refractivity contribution in [2.24, 2.45) is 5.10 Å². The standard InChI is InChI=1S/C29H31N5O2S/c1-20-6-8-21(9-7-20)18-30-31-26(35)19-37-28-33-32-27(22-10-12-23(13-11-22)29(2,3)4)34(28)24-14-16-25(36-5)17-15-24/h6-18H,19H2,1-5H3,(H,31,35)/b30-18+. The Labute approximate surface area is 222 Å². The number of methoxy groups -OCH3 is 1. The van der Waals surface area contributed by atoms with E-state index in [1.165, 1.54) is 22.9 Å². The van der Waals surface area contributed by atoms with Crippen LogP contribution in [0, 0.1) is 6.92 Å². The largest absolute Gasteiger partial charge is 0.497 e. The lowest BCUT2D eigenvalue weighted by atomic mass is 9.87. The Morgan fingerprint density at radius 1 is 1.00 bits per heavy atom. The summed E-state index contributed by atoms with van der Waals surface area (Å²) in [6, 6.07) is 23.9. The number of nitrogens with one attached hydrogen (secondary N) is 1. The van der Waals surface area contributed by atoms with E-state index < -0.39 is 0 Å². The van der Waals surface area contributed by atoms with E-state index in [0.717, 1.165) is 22.6 Å². The number of nitrogens with zero attached hydrogens (tertiary/aromatic N) is 4. The first-order valence-corrected chi connectivity index (χ1v) is 13.0. The van der Waals surface area contributed by atoms with Gasteiger partial charge in [-0.15, -0.1) is 10.2 Å². The minimum atomic E-state index is -0.228. The number of aryl methyl sites for hydroxylation is 1. The lowest BCUT2D eigenvalue weighted by Gasteiger charge is -2.19. The fourth-order valence-corrected chi connectivity index (χ4v) is 4.37. The first-order valence-electron chi connectivity index (χ1n) is 12.0. The van der Waals surface area contributed by atoms with Crippen molar-refractivity contribution in [3.63, 3.8) is 0 Å². The molecule has 0 unspecified atom stereocenters. The summed E-state index contributed by atoms with van der Waals surface area (Å²) >= 11 is 1.30. The summed E-state index contributed by atoms with van der Waals surface area (Å²) in [7, 11) is 1.64. The molecule has 7 nitrogen and oxygen atoms in total. The summed E-state index contributed by atoms with van der Waals surface area (Å²) in [5.74, 6) is 1.37. The van der Waals surface area contributed by atoms with Crippen LogP contribution in [0.3, 0.4) is 0 Å². The zero-order valence-corrected chi connectivity index (χ0v) is 22.5. The summed E-state index contributed by atoms with van der Waals surface area (Å²) in [5, 5.41) is 13.6. The molecular weight excluding hydrogens is 482 g/mol. The van der Waals surface area contributed by atoms with Crippen LogP contribution in [0.5, 0.6) is 5.75 Å². The maximum Gasteiger partial charge on any atom is 0.250 e. The molecule has 1 amide bonds. The third-order valence-corrected chi connectivity index (χ3v) is 6.71. The van der Waals surface area contributed by atoms with Gasteiger partial charge in [0.15, 0.2) is 11.0 Å². The fourth-order valence-electron chi connectivity index (χ4n) is 3.63. The molecule has 1 heterocycles. The van der Waals surface area contributed by atoms with Gasteiger partial charge in [0.05, 0.1) is 19.1 Å². The average Bonchev–Trinajstić information content (AvgIpc) is 3.32. The van der Waals surface area contributed by atoms with Crippen LogP contribution >= 0.6 is 11.8 Å². The molecule has 0 spiro atoms. The minimum absolute atomic E-state index is 0.0541. The molecule has 0 aliphatic rings. The Hall–Kier alpha value is -3.91. The lowest BCUT2D eigenvalue weighted by molar-refractivity contribution is -0.118. The van der Waals surface area contributed by atoms with Crippen LogP contribution in [0.1, 0.15) is 37.5 Å². The predicted octanol–water partition coefficient (Wildman–Crippen LogP) is 5.79. The molecule has 0 aliphatic carbocycles. The molecule has 0 atom stereocenters. The van der Waals surface area contributed by atoms with Crippen LogP contribution in [0.2, 0.25) is 0 Å². The molecule has 3 aromatic carbocycles. The van der Waals surface area contributed by atoms with E-state index in [4.69, 9.17) is 4.74 Å². The average molecular weight is 514 g/mol. The van der Waals surface area contributed by atoms with Crippen molar-refractivity contribution in [1.29, 1.82) is 0 Å². The van der Waals surface area contributed by atoms with E-state index >= 15 is 0 Å². The van der Waals surface area contributed by atoms with E-state index in [-0.39, 0.29) is 17.1 Å². The van der Waals surface area contributed by atoms with E-state index in [2.05, 4.69) is 65.8 Å². The normalized spacial score (nSPS) is 11.6. The second kappa shape index (κ2) is 11.4. The molecule has 4 aromatic rings. The van der Waals surface area contributed by atoms with Gasteiger partial charge in [-0.1, -0.05) is 86.6 Å². The van der Waals surface area contributed by atoms with Gasteiger partial charge in [-0.25, -0.2) is 5.43 Å². The van der Waals surface area contributed by atoms with Crippen molar-refractivity contribution in [1.82, 2.24) is 20.2 Å². The number of carbonyl (C=O) groups excluding carboxylic acids is 1. The molecule has 190 valence electrons. The molecule has 1 aromatic heterocycles. The highest BCUT2D eigenvalue weighted by molar-refractivity contribution is 7.99. The van der Waals surface area contributed by atoms with Gasteiger partial charge in [0.25, 0.3) is 5.91 Å². The van der Waals surface area contributed by atoms with Crippen molar-refractivity contribution in [3.05, 3.63) is 89.5 Å². The molecule has 0 radical (unpaired) electrons. The number of aromatic nitrogens is 3. The van der Waals surface area contributed by atoms with Crippen molar-refractivity contribution in [2.75, 3.05) is 12.9 Å². The first kappa shape index (κ1) is 26.2. The number of amides is 1. The van der Waals surface area contributed by atoms with Gasteiger partial charge in [-0.05, 0) is 47.7 Å². The number of rotatable bonds is 8. The zero-order valence-electron chi connectivity index (χ0n) is 21.7. The SMILES string of the molecule is COc1ccc(-n2c(SCC(=O)N/N=C/c3ccc(C)cc3)nnc2-c2ccc(C(C)(C)C)cc2)cc1. The van der Waals surface area contributed by atoms with Crippen LogP contribution in [0.4, 0.5) is 0 Å². The maximum atomic E-state index is 12.5. The van der Waals surface area contributed by atoms with Gasteiger partial charge < -0.3 is 4.74 Å². The van der Waals surface area contributed by atoms with Gasteiger partial charge >= 0.3 is 0 Å². The number of hydrogen-bond acceptors (Lipinski definition) is 6. The number of hydrazone groups is 1. The lowest BCUT2D eigenvalue weighted by Crippen LogP contribution is -2.20. The third-order valence-electron chi connectivity index (χ3n) is 5.79. The van der Waals surface area contributed by atoms with E-state index in [0.29, 0.717) is 11.0 Å². The molecule has 1 N–H and O–H groups in total. The van der Waals surface area contributed by atoms with Crippen molar-refractivity contribution >= 4 is 23.9 Å². The van der Waals surface area contributed by atoms with Gasteiger partial charge in [0.2, 0.25) is 0 Å². The van der Waals surface area contributed by atoms with Crippen LogP contribution < -0.4 is 10.2 Å². The Balaban J connectivity index is 1.54. The second-order valence-corrected chi connectivity index (χ2v) is 10.6. The summed E-state index contributed by atoms with van der Waals surface area (Å²) in [5.41, 5.74) is 7.78. The Morgan fingerprint density at radius 3 is 2.30 bits per heavy atom. The summed E-state index contributed by atoms with van der Waals surface area (Å²) < 4.78 is 7.28. The highest BCUT2D eigenvalue weighted by Gasteiger charge is 2.19. The quantitative estimate of drug-likeness (QED) is 0.183. The number of ether oxygens (including phenoxy) is 1. The zero-order chi connectivity index (χ0) is 26.4. The van der Waals surface area contributed by atoms with E-state index in [1.807, 2.05) is 60.0 Å². The van der Waals surface area contributed by atoms with Crippen molar-refractivity contribution in [3.8, 4) is 22.8 Å². The second-order valence-electron chi connectivity index (χ2n) is 9.66. The first-order chi connectivity index (χ1) is 17.7. The fraction of sp³-hybridized carbons (Fsp3) is 0.241. The molecular formula is C29H31N5O2S. The Kier molecular flexibility index (Phi) is 8.08. The van der Waals surface area contributed by atoms with Crippen molar-refractivity contribution in [2.45, 2.75) is 38.3 Å². The van der Waals surface area contributed by atoms with E-state index in [9.17, 15) is 4.79 Å². The smallest absolute Gasteiger partial charge is 0.250 e. The molecule has 8 heteroatoms. The molecule has 0 aliphatic heterocycles. The summed E-state index contributed by atoms with van der Waals surface area (Å²) in [4.78, 5) is 12.5. The molecule has 0 bridgehead atoms. The molecule has 4 rings (SSSR count). The summed E-state index contributed by atoms with van der Waals surface area (Å²) in [6.07, 6.45) is 1.63. The highest BCUT2D eigenvalue weighted by Crippen LogP contribution is 2.30. The molecule has 0 saturated carbocycles. The number of carbonyl (C=O) groups is 1. The van der Waals surface area contributed by atoms with Gasteiger partial charge in [-0.3, -0.25) is 9.36 Å². The van der Waals surface area contributed by atoms with E-state index in [1.54, 1.807) is 13.3 Å².